The summed E-state index contributed by atoms with van der Waals surface area (Å²) in [6.45, 7) is 4.22. The van der Waals surface area contributed by atoms with Crippen LogP contribution in [0, 0.1) is 13.8 Å². The summed E-state index contributed by atoms with van der Waals surface area (Å²) in [5, 5.41) is 17.7. The Balaban J connectivity index is 1.57. The molecule has 1 atom stereocenters. The van der Waals surface area contributed by atoms with E-state index in [1.54, 1.807) is 0 Å². The third-order valence-electron chi connectivity index (χ3n) is 5.43. The highest BCUT2D eigenvalue weighted by atomic mass is 16.5. The summed E-state index contributed by atoms with van der Waals surface area (Å²) in [5.74, 6) is -1.37. The first-order chi connectivity index (χ1) is 13.4. The van der Waals surface area contributed by atoms with Gasteiger partial charge in [-0.25, -0.2) is 14.3 Å². The third-order valence-corrected chi connectivity index (χ3v) is 5.43. The molecule has 0 bridgehead atoms. The maximum absolute atomic E-state index is 12.4. The molecule has 8 nitrogen and oxygen atoms in total. The van der Waals surface area contributed by atoms with Crippen LogP contribution in [0.25, 0.3) is 16.6 Å². The van der Waals surface area contributed by atoms with Gasteiger partial charge in [-0.2, -0.15) is 5.10 Å². The predicted octanol–water partition coefficient (Wildman–Crippen LogP) is 1.79. The van der Waals surface area contributed by atoms with E-state index >= 15 is 0 Å². The van der Waals surface area contributed by atoms with Gasteiger partial charge in [0.2, 0.25) is 5.91 Å². The number of ether oxygens (including phenoxy) is 1. The zero-order chi connectivity index (χ0) is 19.9. The second-order valence-corrected chi connectivity index (χ2v) is 7.25. The number of carboxylic acids is 1. The standard InChI is InChI=1S/C20H22N4O4/c1-12-14(7-8-17(25)22-20(19(26)27)9-10-28-11-20)13(2)24-18(21-12)15-5-3-4-6-16(15)23-24/h3-6H,7-11H2,1-2H3,(H,22,25)(H,26,27). The van der Waals surface area contributed by atoms with Crippen LogP contribution in [0.1, 0.15) is 29.8 Å². The van der Waals surface area contributed by atoms with Gasteiger partial charge in [0, 0.05) is 36.2 Å². The molecular formula is C20H22N4O4. The van der Waals surface area contributed by atoms with Crippen molar-refractivity contribution in [2.24, 2.45) is 0 Å². The molecule has 3 aromatic rings. The van der Waals surface area contributed by atoms with Crippen LogP contribution in [0.5, 0.6) is 0 Å². The molecule has 146 valence electrons. The lowest BCUT2D eigenvalue weighted by atomic mass is 9.98. The van der Waals surface area contributed by atoms with E-state index in [-0.39, 0.29) is 25.4 Å². The van der Waals surface area contributed by atoms with Crippen LogP contribution in [-0.4, -0.2) is 50.3 Å². The van der Waals surface area contributed by atoms with Crippen LogP contribution in [0.4, 0.5) is 0 Å². The largest absolute Gasteiger partial charge is 0.479 e. The first-order valence-electron chi connectivity index (χ1n) is 9.27. The average molecular weight is 382 g/mol. The number of carbonyl (C=O) groups excluding carboxylic acids is 1. The Bertz CT molecular complexity index is 1080. The number of rotatable bonds is 5. The van der Waals surface area contributed by atoms with Crippen molar-refractivity contribution < 1.29 is 19.4 Å². The first-order valence-corrected chi connectivity index (χ1v) is 9.27. The van der Waals surface area contributed by atoms with Crippen molar-refractivity contribution in [2.45, 2.75) is 38.6 Å². The molecule has 1 aliphatic heterocycles. The number of aromatic nitrogens is 3. The van der Waals surface area contributed by atoms with Crippen molar-refractivity contribution in [1.29, 1.82) is 0 Å². The fourth-order valence-electron chi connectivity index (χ4n) is 3.79. The van der Waals surface area contributed by atoms with Gasteiger partial charge in [-0.1, -0.05) is 12.1 Å². The molecular weight excluding hydrogens is 360 g/mol. The molecule has 1 aromatic carbocycles. The highest BCUT2D eigenvalue weighted by Crippen LogP contribution is 2.23. The van der Waals surface area contributed by atoms with Crippen molar-refractivity contribution >= 4 is 28.4 Å². The minimum absolute atomic E-state index is 0.000476. The molecule has 0 radical (unpaired) electrons. The van der Waals surface area contributed by atoms with Crippen molar-refractivity contribution in [3.05, 3.63) is 41.2 Å². The van der Waals surface area contributed by atoms with Crippen LogP contribution in [0.15, 0.2) is 24.3 Å². The number of amides is 1. The molecule has 1 fully saturated rings. The zero-order valence-electron chi connectivity index (χ0n) is 15.9. The summed E-state index contributed by atoms with van der Waals surface area (Å²) in [5.41, 5.74) is 3.08. The van der Waals surface area contributed by atoms with Crippen LogP contribution in [0.3, 0.4) is 0 Å². The molecule has 0 aliphatic carbocycles. The number of benzene rings is 1. The Morgan fingerprint density at radius 3 is 2.82 bits per heavy atom. The van der Waals surface area contributed by atoms with Crippen molar-refractivity contribution in [3.63, 3.8) is 0 Å². The topological polar surface area (TPSA) is 106 Å². The van der Waals surface area contributed by atoms with Gasteiger partial charge in [0.25, 0.3) is 0 Å². The number of nitrogens with zero attached hydrogens (tertiary/aromatic N) is 3. The molecule has 1 saturated heterocycles. The van der Waals surface area contributed by atoms with Gasteiger partial charge in [0.15, 0.2) is 11.2 Å². The van der Waals surface area contributed by atoms with Crippen molar-refractivity contribution in [1.82, 2.24) is 19.9 Å². The summed E-state index contributed by atoms with van der Waals surface area (Å²) in [4.78, 5) is 28.7. The maximum Gasteiger partial charge on any atom is 0.331 e. The van der Waals surface area contributed by atoms with Crippen molar-refractivity contribution in [3.8, 4) is 0 Å². The summed E-state index contributed by atoms with van der Waals surface area (Å²) in [6.07, 6.45) is 0.906. The van der Waals surface area contributed by atoms with Crippen LogP contribution in [0.2, 0.25) is 0 Å². The van der Waals surface area contributed by atoms with Gasteiger partial charge in [-0.3, -0.25) is 4.79 Å². The van der Waals surface area contributed by atoms with Gasteiger partial charge >= 0.3 is 5.97 Å². The van der Waals surface area contributed by atoms with E-state index in [9.17, 15) is 14.7 Å². The van der Waals surface area contributed by atoms with E-state index in [2.05, 4.69) is 10.4 Å². The fraction of sp³-hybridized carbons (Fsp3) is 0.400. The number of hydrogen-bond acceptors (Lipinski definition) is 5. The summed E-state index contributed by atoms with van der Waals surface area (Å²) in [6, 6.07) is 7.83. The number of aryl methyl sites for hydroxylation is 2. The van der Waals surface area contributed by atoms with Gasteiger partial charge < -0.3 is 15.2 Å². The van der Waals surface area contributed by atoms with E-state index in [1.165, 1.54) is 0 Å². The molecule has 2 N–H and O–H groups in total. The quantitative estimate of drug-likeness (QED) is 0.697. The van der Waals surface area contributed by atoms with Gasteiger partial charge in [-0.15, -0.1) is 0 Å². The monoisotopic (exact) mass is 382 g/mol. The van der Waals surface area contributed by atoms with Gasteiger partial charge in [-0.05, 0) is 38.0 Å². The summed E-state index contributed by atoms with van der Waals surface area (Å²) >= 11 is 0. The molecule has 3 heterocycles. The fourth-order valence-corrected chi connectivity index (χ4v) is 3.79. The number of hydrogen-bond donors (Lipinski definition) is 2. The molecule has 1 unspecified atom stereocenters. The highest BCUT2D eigenvalue weighted by molar-refractivity contribution is 5.92. The van der Waals surface area contributed by atoms with Crippen LogP contribution in [-0.2, 0) is 20.7 Å². The Kier molecular flexibility index (Phi) is 4.50. The lowest BCUT2D eigenvalue weighted by molar-refractivity contribution is -0.147. The second kappa shape index (κ2) is 6.87. The normalized spacial score (nSPS) is 19.4. The van der Waals surface area contributed by atoms with Crippen LogP contribution < -0.4 is 5.32 Å². The zero-order valence-corrected chi connectivity index (χ0v) is 15.9. The minimum atomic E-state index is -1.32. The average Bonchev–Trinajstić information content (AvgIpc) is 3.27. The molecule has 1 amide bonds. The lowest BCUT2D eigenvalue weighted by Gasteiger charge is -2.23. The van der Waals surface area contributed by atoms with Gasteiger partial charge in [0.1, 0.15) is 0 Å². The minimum Gasteiger partial charge on any atom is -0.479 e. The number of carbonyl (C=O) groups is 2. The Labute approximate surface area is 161 Å². The van der Waals surface area contributed by atoms with Gasteiger partial charge in [0.05, 0.1) is 12.1 Å². The number of nitrogens with one attached hydrogen (secondary N) is 1. The van der Waals surface area contributed by atoms with Crippen LogP contribution >= 0.6 is 0 Å². The van der Waals surface area contributed by atoms with E-state index in [0.717, 1.165) is 33.5 Å². The molecule has 0 saturated carbocycles. The molecule has 8 heteroatoms. The Hall–Kier alpha value is -3.00. The molecule has 28 heavy (non-hydrogen) atoms. The summed E-state index contributed by atoms with van der Waals surface area (Å²) in [7, 11) is 0. The molecule has 0 spiro atoms. The summed E-state index contributed by atoms with van der Waals surface area (Å²) < 4.78 is 7.00. The second-order valence-electron chi connectivity index (χ2n) is 7.25. The molecule has 4 rings (SSSR count). The smallest absolute Gasteiger partial charge is 0.331 e. The highest BCUT2D eigenvalue weighted by Gasteiger charge is 2.43. The SMILES string of the molecule is Cc1nc2c3ccccc3nn2c(C)c1CCC(=O)NC1(C(=O)O)CCOC1. The lowest BCUT2D eigenvalue weighted by Crippen LogP contribution is -2.55. The number of fused-ring (bicyclic) bond motifs is 3. The van der Waals surface area contributed by atoms with E-state index < -0.39 is 11.5 Å². The Morgan fingerprint density at radius 2 is 2.11 bits per heavy atom. The maximum atomic E-state index is 12.4. The van der Waals surface area contributed by atoms with E-state index in [1.807, 2.05) is 42.6 Å². The molecule has 1 aliphatic rings. The van der Waals surface area contributed by atoms with Crippen molar-refractivity contribution in [2.75, 3.05) is 13.2 Å². The Morgan fingerprint density at radius 1 is 1.32 bits per heavy atom. The first kappa shape index (κ1) is 18.4. The van der Waals surface area contributed by atoms with E-state index in [0.29, 0.717) is 13.0 Å². The van der Waals surface area contributed by atoms with E-state index in [4.69, 9.17) is 9.72 Å². The molecule has 2 aromatic heterocycles. The predicted molar refractivity (Wildman–Crippen MR) is 102 cm³/mol. The number of carboxylic acid groups (broad SMARTS) is 1. The number of aliphatic carboxylic acids is 1. The third kappa shape index (κ3) is 2.99.